The van der Waals surface area contributed by atoms with Gasteiger partial charge in [-0.3, -0.25) is 0 Å². The van der Waals surface area contributed by atoms with Crippen LogP contribution in [0.25, 0.3) is 0 Å². The van der Waals surface area contributed by atoms with Crippen LogP contribution in [-0.2, 0) is 13.2 Å². The summed E-state index contributed by atoms with van der Waals surface area (Å²) in [7, 11) is 0. The summed E-state index contributed by atoms with van der Waals surface area (Å²) in [5, 5.41) is 4.44. The Hall–Kier alpha value is -1.63. The van der Waals surface area contributed by atoms with E-state index in [2.05, 4.69) is 65.2 Å². The zero-order valence-electron chi connectivity index (χ0n) is 16.3. The molecule has 0 bridgehead atoms. The molecule has 0 spiro atoms. The molecule has 0 amide bonds. The molecule has 0 atom stereocenters. The number of rotatable bonds is 8. The number of hydrogen-bond acceptors (Lipinski definition) is 3. The molecular weight excluding hydrogens is 520 g/mol. The summed E-state index contributed by atoms with van der Waals surface area (Å²) in [6, 6.07) is 18.0. The molecule has 0 saturated heterocycles. The van der Waals surface area contributed by atoms with Crippen molar-refractivity contribution in [1.82, 2.24) is 0 Å². The van der Waals surface area contributed by atoms with Crippen molar-refractivity contribution >= 4 is 51.5 Å². The monoisotopic (exact) mass is 541 g/mol. The van der Waals surface area contributed by atoms with Gasteiger partial charge in [-0.05, 0) is 77.9 Å². The van der Waals surface area contributed by atoms with Crippen molar-refractivity contribution in [3.05, 3.63) is 84.9 Å². The molecule has 0 fully saturated rings. The molecule has 152 valence electrons. The molecule has 0 aliphatic rings. The van der Waals surface area contributed by atoms with E-state index in [4.69, 9.17) is 32.7 Å². The number of ether oxygens (including phenoxy) is 2. The second kappa shape index (κ2) is 10.4. The third-order valence-corrected chi connectivity index (χ3v) is 5.83. The van der Waals surface area contributed by atoms with Gasteiger partial charge in [0.25, 0.3) is 0 Å². The van der Waals surface area contributed by atoms with Crippen molar-refractivity contribution < 1.29 is 9.47 Å². The first-order chi connectivity index (χ1) is 14.0. The molecule has 0 aromatic heterocycles. The zero-order valence-corrected chi connectivity index (χ0v) is 19.9. The highest BCUT2D eigenvalue weighted by Gasteiger charge is 2.13. The van der Waals surface area contributed by atoms with E-state index in [0.717, 1.165) is 31.9 Å². The Morgan fingerprint density at radius 1 is 0.897 bits per heavy atom. The minimum Gasteiger partial charge on any atom is -0.490 e. The Morgan fingerprint density at radius 3 is 2.34 bits per heavy atom. The van der Waals surface area contributed by atoms with Gasteiger partial charge in [0, 0.05) is 12.2 Å². The fourth-order valence-corrected chi connectivity index (χ4v) is 3.90. The Bertz CT molecular complexity index is 977. The summed E-state index contributed by atoms with van der Waals surface area (Å²) in [5.41, 5.74) is 4.36. The molecular formula is C23H22Cl2INO2. The van der Waals surface area contributed by atoms with Gasteiger partial charge in [-0.25, -0.2) is 0 Å². The second-order valence-corrected chi connectivity index (χ2v) is 8.57. The lowest BCUT2D eigenvalue weighted by molar-refractivity contribution is 0.267. The molecule has 1 N–H and O–H groups in total. The fraction of sp³-hybridized carbons (Fsp3) is 0.217. The highest BCUT2D eigenvalue weighted by molar-refractivity contribution is 14.1. The van der Waals surface area contributed by atoms with Crippen LogP contribution in [0.5, 0.6) is 11.5 Å². The minimum absolute atomic E-state index is 0.497. The molecule has 0 saturated carbocycles. The number of nitrogens with one attached hydrogen (secondary N) is 1. The van der Waals surface area contributed by atoms with E-state index in [1.807, 2.05) is 25.1 Å². The second-order valence-electron chi connectivity index (χ2n) is 6.59. The summed E-state index contributed by atoms with van der Waals surface area (Å²) in [4.78, 5) is 0. The Morgan fingerprint density at radius 2 is 1.66 bits per heavy atom. The van der Waals surface area contributed by atoms with Gasteiger partial charge in [0.2, 0.25) is 0 Å². The summed E-state index contributed by atoms with van der Waals surface area (Å²) in [6.45, 7) is 5.74. The molecule has 3 aromatic rings. The number of hydrogen-bond donors (Lipinski definition) is 1. The maximum atomic E-state index is 6.11. The lowest BCUT2D eigenvalue weighted by Gasteiger charge is -2.16. The minimum atomic E-state index is 0.497. The van der Waals surface area contributed by atoms with Crippen LogP contribution >= 0.6 is 45.8 Å². The van der Waals surface area contributed by atoms with Gasteiger partial charge in [0.15, 0.2) is 11.5 Å². The molecule has 0 aliphatic carbocycles. The van der Waals surface area contributed by atoms with Crippen molar-refractivity contribution in [2.24, 2.45) is 0 Å². The lowest BCUT2D eigenvalue weighted by Crippen LogP contribution is -2.05. The molecule has 6 heteroatoms. The molecule has 0 heterocycles. The van der Waals surface area contributed by atoms with E-state index in [1.165, 1.54) is 5.56 Å². The van der Waals surface area contributed by atoms with Gasteiger partial charge in [0.1, 0.15) is 6.61 Å². The normalized spacial score (nSPS) is 10.7. The van der Waals surface area contributed by atoms with Crippen LogP contribution in [-0.4, -0.2) is 6.61 Å². The van der Waals surface area contributed by atoms with Gasteiger partial charge >= 0.3 is 0 Å². The first-order valence-electron chi connectivity index (χ1n) is 9.28. The summed E-state index contributed by atoms with van der Waals surface area (Å²) < 4.78 is 13.0. The van der Waals surface area contributed by atoms with Crippen LogP contribution in [0.3, 0.4) is 0 Å². The average molecular weight is 542 g/mol. The molecule has 0 aliphatic heterocycles. The van der Waals surface area contributed by atoms with E-state index in [9.17, 15) is 0 Å². The van der Waals surface area contributed by atoms with E-state index in [-0.39, 0.29) is 0 Å². The molecule has 0 radical (unpaired) electrons. The molecule has 0 unspecified atom stereocenters. The van der Waals surface area contributed by atoms with Crippen molar-refractivity contribution in [3.63, 3.8) is 0 Å². The van der Waals surface area contributed by atoms with Crippen LogP contribution < -0.4 is 14.8 Å². The number of anilines is 1. The predicted octanol–water partition coefficient (Wildman–Crippen LogP) is 7.50. The number of benzene rings is 3. The SMILES string of the molecule is CCOc1cc(CNc2ccc(Cl)c(Cl)c2)cc(I)c1OCc1ccc(C)cc1. The van der Waals surface area contributed by atoms with E-state index in [1.54, 1.807) is 6.07 Å². The average Bonchev–Trinajstić information content (AvgIpc) is 2.70. The van der Waals surface area contributed by atoms with Gasteiger partial charge in [-0.1, -0.05) is 53.0 Å². The third-order valence-electron chi connectivity index (χ3n) is 4.29. The fourth-order valence-electron chi connectivity index (χ4n) is 2.78. The molecule has 3 nitrogen and oxygen atoms in total. The molecule has 3 aromatic carbocycles. The Kier molecular flexibility index (Phi) is 7.92. The van der Waals surface area contributed by atoms with E-state index < -0.39 is 0 Å². The maximum absolute atomic E-state index is 6.11. The molecule has 3 rings (SSSR count). The summed E-state index contributed by atoms with van der Waals surface area (Å²) in [5.74, 6) is 1.52. The van der Waals surface area contributed by atoms with Gasteiger partial charge in [-0.15, -0.1) is 0 Å². The Labute approximate surface area is 195 Å². The van der Waals surface area contributed by atoms with Crippen molar-refractivity contribution in [2.75, 3.05) is 11.9 Å². The topological polar surface area (TPSA) is 30.5 Å². The van der Waals surface area contributed by atoms with E-state index in [0.29, 0.717) is 29.8 Å². The highest BCUT2D eigenvalue weighted by atomic mass is 127. The summed E-state index contributed by atoms with van der Waals surface area (Å²) in [6.07, 6.45) is 0. The predicted molar refractivity (Wildman–Crippen MR) is 130 cm³/mol. The lowest BCUT2D eigenvalue weighted by atomic mass is 10.1. The highest BCUT2D eigenvalue weighted by Crippen LogP contribution is 2.35. The van der Waals surface area contributed by atoms with Crippen molar-refractivity contribution in [1.29, 1.82) is 0 Å². The number of halogens is 3. The van der Waals surface area contributed by atoms with Crippen LogP contribution in [0.4, 0.5) is 5.69 Å². The first-order valence-corrected chi connectivity index (χ1v) is 11.1. The zero-order chi connectivity index (χ0) is 20.8. The largest absolute Gasteiger partial charge is 0.490 e. The quantitative estimate of drug-likeness (QED) is 0.299. The standard InChI is InChI=1S/C23H22Cl2INO2/c1-3-28-22-11-17(13-27-18-8-9-19(24)20(25)12-18)10-21(26)23(22)29-14-16-6-4-15(2)5-7-16/h4-12,27H,3,13-14H2,1-2H3. The van der Waals surface area contributed by atoms with E-state index >= 15 is 0 Å². The van der Waals surface area contributed by atoms with Crippen LogP contribution in [0.2, 0.25) is 10.0 Å². The van der Waals surface area contributed by atoms with Crippen molar-refractivity contribution in [3.8, 4) is 11.5 Å². The smallest absolute Gasteiger partial charge is 0.174 e. The first kappa shape index (κ1) is 22.1. The van der Waals surface area contributed by atoms with Gasteiger partial charge in [-0.2, -0.15) is 0 Å². The van der Waals surface area contributed by atoms with Crippen LogP contribution in [0, 0.1) is 10.5 Å². The summed E-state index contributed by atoms with van der Waals surface area (Å²) >= 11 is 14.4. The number of aryl methyl sites for hydroxylation is 1. The maximum Gasteiger partial charge on any atom is 0.174 e. The van der Waals surface area contributed by atoms with Crippen LogP contribution in [0.1, 0.15) is 23.6 Å². The Balaban J connectivity index is 1.74. The van der Waals surface area contributed by atoms with Gasteiger partial charge in [0.05, 0.1) is 20.2 Å². The van der Waals surface area contributed by atoms with Crippen LogP contribution in [0.15, 0.2) is 54.6 Å². The third kappa shape index (κ3) is 6.17. The van der Waals surface area contributed by atoms with Crippen molar-refractivity contribution in [2.45, 2.75) is 27.0 Å². The molecule has 29 heavy (non-hydrogen) atoms. The van der Waals surface area contributed by atoms with Gasteiger partial charge < -0.3 is 14.8 Å².